The van der Waals surface area contributed by atoms with E-state index in [2.05, 4.69) is 77.9 Å². The van der Waals surface area contributed by atoms with Gasteiger partial charge in [0.2, 0.25) is 5.71 Å². The summed E-state index contributed by atoms with van der Waals surface area (Å²) in [5.41, 5.74) is 4.08. The van der Waals surface area contributed by atoms with E-state index in [4.69, 9.17) is 4.42 Å². The number of aliphatic hydroxyl groups excluding tert-OH is 1. The molecule has 0 aliphatic heterocycles. The van der Waals surface area contributed by atoms with Crippen molar-refractivity contribution in [1.29, 1.82) is 0 Å². The number of rotatable bonds is 8. The first-order valence-electron chi connectivity index (χ1n) is 16.2. The Morgan fingerprint density at radius 1 is 0.915 bits per heavy atom. The molecule has 0 saturated carbocycles. The van der Waals surface area contributed by atoms with E-state index in [1.807, 2.05) is 41.5 Å². The Labute approximate surface area is 299 Å². The van der Waals surface area contributed by atoms with Gasteiger partial charge in [-0.3, -0.25) is 9.78 Å². The maximum Gasteiger partial charge on any atom is 0.223 e. The number of thiophene rings is 2. The normalized spacial score (nSPS) is 12.8. The molecule has 4 heterocycles. The van der Waals surface area contributed by atoms with Crippen LogP contribution in [0.25, 0.3) is 53.5 Å². The fraction of sp³-hybridized carbons (Fsp3) is 0.410. The van der Waals surface area contributed by atoms with Crippen LogP contribution in [0, 0.1) is 16.9 Å². The van der Waals surface area contributed by atoms with Crippen molar-refractivity contribution in [3.63, 3.8) is 0 Å². The van der Waals surface area contributed by atoms with E-state index in [9.17, 15) is 9.90 Å². The molecule has 0 aliphatic carbocycles. The van der Waals surface area contributed by atoms with Gasteiger partial charge in [0.1, 0.15) is 17.7 Å². The molecule has 47 heavy (non-hydrogen) atoms. The first kappa shape index (κ1) is 36.9. The summed E-state index contributed by atoms with van der Waals surface area (Å²) in [6.45, 7) is 18.8. The molecule has 1 radical (unpaired) electrons. The fourth-order valence-corrected chi connectivity index (χ4v) is 7.53. The number of ketones is 1. The number of furan rings is 1. The van der Waals surface area contributed by atoms with E-state index >= 15 is 0 Å². The van der Waals surface area contributed by atoms with Crippen LogP contribution >= 0.6 is 22.7 Å². The van der Waals surface area contributed by atoms with Crippen LogP contribution in [0.4, 0.5) is 0 Å². The Morgan fingerprint density at radius 3 is 2.21 bits per heavy atom. The van der Waals surface area contributed by atoms with E-state index in [1.54, 1.807) is 29.0 Å². The number of fused-ring (bicyclic) bond motifs is 5. The Hall–Kier alpha value is -2.90. The number of hydrogen-bond donors (Lipinski definition) is 1. The second-order valence-corrected chi connectivity index (χ2v) is 15.6. The van der Waals surface area contributed by atoms with Crippen molar-refractivity contribution in [3.8, 4) is 11.3 Å². The third kappa shape index (κ3) is 7.12. The van der Waals surface area contributed by atoms with Gasteiger partial charge in [-0.25, -0.2) is 4.98 Å². The minimum atomic E-state index is -0.337. The van der Waals surface area contributed by atoms with Gasteiger partial charge in [-0.2, -0.15) is 11.3 Å². The number of aromatic nitrogens is 2. The molecule has 6 rings (SSSR count). The van der Waals surface area contributed by atoms with Crippen molar-refractivity contribution in [1.82, 2.24) is 9.97 Å². The Balaban J connectivity index is 0.000000242. The van der Waals surface area contributed by atoms with Crippen molar-refractivity contribution in [2.45, 2.75) is 93.4 Å². The van der Waals surface area contributed by atoms with E-state index in [-0.39, 0.29) is 47.9 Å². The number of aliphatic hydroxyl groups is 1. The van der Waals surface area contributed by atoms with E-state index < -0.39 is 0 Å². The first-order chi connectivity index (χ1) is 21.8. The predicted molar refractivity (Wildman–Crippen MR) is 196 cm³/mol. The average molecular weight is 846 g/mol. The number of allylic oxidation sites excluding steroid dienone is 2. The van der Waals surface area contributed by atoms with Crippen LogP contribution in [0.15, 0.2) is 63.7 Å². The number of carbonyl (C=O) groups is 1. The molecule has 2 aromatic carbocycles. The van der Waals surface area contributed by atoms with Gasteiger partial charge in [0.25, 0.3) is 0 Å². The SMILES string of the molecule is CC(C)(C)c1cc(-c2ncnc3oc4cc5ccsc5cc4c23)[c-]c2ccsc12.CCC(C)(CC)C(=O)/C=C(\O)C(C)(CC)CC.[Ir]. The largest absolute Gasteiger partial charge is 0.512 e. The quantitative estimate of drug-likeness (QED) is 0.0938. The minimum Gasteiger partial charge on any atom is -0.512 e. The van der Waals surface area contributed by atoms with Crippen LogP contribution in [-0.2, 0) is 30.3 Å². The van der Waals surface area contributed by atoms with Crippen molar-refractivity contribution in [2.24, 2.45) is 10.8 Å². The smallest absolute Gasteiger partial charge is 0.223 e. The molecule has 4 aromatic heterocycles. The number of carbonyl (C=O) groups excluding carboxylic acids is 1. The molecule has 5 nitrogen and oxygen atoms in total. The summed E-state index contributed by atoms with van der Waals surface area (Å²) in [6.07, 6.45) is 6.34. The zero-order valence-corrected chi connectivity index (χ0v) is 32.9. The van der Waals surface area contributed by atoms with E-state index in [1.165, 1.54) is 26.4 Å². The molecule has 251 valence electrons. The van der Waals surface area contributed by atoms with Crippen LogP contribution in [0.1, 0.15) is 93.6 Å². The van der Waals surface area contributed by atoms with Gasteiger partial charge in [-0.1, -0.05) is 73.4 Å². The van der Waals surface area contributed by atoms with Crippen LogP contribution in [0.2, 0.25) is 0 Å². The average Bonchev–Trinajstić information content (AvgIpc) is 3.80. The molecule has 0 unspecified atom stereocenters. The van der Waals surface area contributed by atoms with Gasteiger partial charge in [-0.15, -0.1) is 34.9 Å². The number of nitrogens with zero attached hydrogens (tertiary/aromatic N) is 2. The molecule has 0 saturated heterocycles. The van der Waals surface area contributed by atoms with Crippen LogP contribution in [-0.4, -0.2) is 20.9 Å². The zero-order valence-electron chi connectivity index (χ0n) is 28.8. The Kier molecular flexibility index (Phi) is 11.2. The molecular formula is C39H45IrN2O3S2-. The topological polar surface area (TPSA) is 76.2 Å². The Bertz CT molecular complexity index is 2050. The van der Waals surface area contributed by atoms with Gasteiger partial charge < -0.3 is 9.52 Å². The molecular weight excluding hydrogens is 801 g/mol. The van der Waals surface area contributed by atoms with Gasteiger partial charge in [0, 0.05) is 58.2 Å². The van der Waals surface area contributed by atoms with Gasteiger partial charge in [0.05, 0.1) is 0 Å². The molecule has 0 spiro atoms. The molecule has 0 atom stereocenters. The summed E-state index contributed by atoms with van der Waals surface area (Å²) in [5.74, 6) is 0.286. The standard InChI is InChI=1S/C24H17N2OS2.C15H28O2.Ir/c1-24(2,3)17-9-15(8-14-5-7-29-22(14)17)21-20-16-11-19-13(4-6-28-19)10-18(16)27-23(20)26-12-25-21;1-7-14(5,8-2)12(16)11-13(17)15(6,9-3)10-4;/h4-7,9-12H,1-3H3;11,16H,7-10H2,1-6H3;/q-1;;/b;12-11-;. The molecule has 6 aromatic rings. The summed E-state index contributed by atoms with van der Waals surface area (Å²) >= 11 is 3.51. The fourth-order valence-electron chi connectivity index (χ4n) is 5.64. The van der Waals surface area contributed by atoms with E-state index in [0.29, 0.717) is 5.71 Å². The minimum absolute atomic E-state index is 0. The second-order valence-electron chi connectivity index (χ2n) is 13.8. The zero-order chi connectivity index (χ0) is 33.4. The monoisotopic (exact) mass is 846 g/mol. The van der Waals surface area contributed by atoms with E-state index in [0.717, 1.165) is 58.7 Å². The summed E-state index contributed by atoms with van der Waals surface area (Å²) in [5, 5.41) is 18.7. The summed E-state index contributed by atoms with van der Waals surface area (Å²) in [7, 11) is 0. The maximum absolute atomic E-state index is 12.2. The van der Waals surface area contributed by atoms with Crippen molar-refractivity contribution < 1.29 is 34.4 Å². The first-order valence-corrected chi connectivity index (χ1v) is 18.0. The van der Waals surface area contributed by atoms with Gasteiger partial charge in [-0.05, 0) is 70.1 Å². The second kappa shape index (κ2) is 14.3. The molecule has 0 aliphatic rings. The molecule has 1 N–H and O–H groups in total. The Morgan fingerprint density at radius 2 is 1.57 bits per heavy atom. The van der Waals surface area contributed by atoms with Crippen LogP contribution in [0.3, 0.4) is 0 Å². The van der Waals surface area contributed by atoms with Crippen molar-refractivity contribution >= 4 is 70.7 Å². The molecule has 0 amide bonds. The van der Waals surface area contributed by atoms with Gasteiger partial charge >= 0.3 is 0 Å². The third-order valence-corrected chi connectivity index (χ3v) is 11.8. The predicted octanol–water partition coefficient (Wildman–Crippen LogP) is 12.2. The molecule has 0 bridgehead atoms. The molecule has 0 fully saturated rings. The van der Waals surface area contributed by atoms with Gasteiger partial charge in [0.15, 0.2) is 5.78 Å². The summed E-state index contributed by atoms with van der Waals surface area (Å²) in [6, 6.07) is 14.4. The van der Waals surface area contributed by atoms with Crippen LogP contribution < -0.4 is 0 Å². The number of benzene rings is 2. The third-order valence-electron chi connectivity index (χ3n) is 9.98. The summed E-state index contributed by atoms with van der Waals surface area (Å²) < 4.78 is 8.64. The summed E-state index contributed by atoms with van der Waals surface area (Å²) in [4.78, 5) is 21.3. The van der Waals surface area contributed by atoms with Crippen molar-refractivity contribution in [3.05, 3.63) is 70.9 Å². The van der Waals surface area contributed by atoms with Crippen molar-refractivity contribution in [2.75, 3.05) is 0 Å². The van der Waals surface area contributed by atoms with Crippen LogP contribution in [0.5, 0.6) is 0 Å². The maximum atomic E-state index is 12.2. The molecule has 8 heteroatoms. The number of hydrogen-bond acceptors (Lipinski definition) is 7.